The number of aromatic nitrogens is 2. The van der Waals surface area contributed by atoms with Crippen LogP contribution in [0.4, 0.5) is 0 Å². The van der Waals surface area contributed by atoms with Gasteiger partial charge in [0.2, 0.25) is 5.88 Å². The fourth-order valence-electron chi connectivity index (χ4n) is 1.04. The Hall–Kier alpha value is -1.03. The highest BCUT2D eigenvalue weighted by Gasteiger charge is 1.97. The van der Waals surface area contributed by atoms with Crippen LogP contribution >= 0.6 is 0 Å². The Morgan fingerprint density at radius 3 is 3.15 bits per heavy atom. The van der Waals surface area contributed by atoms with Crippen molar-refractivity contribution in [2.24, 2.45) is 5.73 Å². The molecule has 0 atom stereocenters. The highest BCUT2D eigenvalue weighted by Crippen LogP contribution is 2.06. The van der Waals surface area contributed by atoms with E-state index in [0.29, 0.717) is 19.0 Å². The molecule has 2 N–H and O–H groups in total. The number of ether oxygens (including phenoxy) is 1. The monoisotopic (exact) mass is 183 g/mol. The molecule has 0 amide bonds. The Morgan fingerprint density at radius 1 is 1.62 bits per heavy atom. The van der Waals surface area contributed by atoms with Crippen molar-refractivity contribution < 1.29 is 4.74 Å². The zero-order valence-electron chi connectivity index (χ0n) is 8.07. The van der Waals surface area contributed by atoms with Crippen molar-refractivity contribution in [3.63, 3.8) is 0 Å². The summed E-state index contributed by atoms with van der Waals surface area (Å²) >= 11 is 0. The molecule has 1 heterocycles. The molecule has 0 aliphatic carbocycles. The zero-order valence-corrected chi connectivity index (χ0v) is 8.07. The minimum atomic E-state index is 0.530. The van der Waals surface area contributed by atoms with Crippen molar-refractivity contribution in [3.8, 4) is 5.88 Å². The Labute approximate surface area is 78.7 Å². The summed E-state index contributed by atoms with van der Waals surface area (Å²) in [6.07, 6.45) is 6.07. The number of imidazole rings is 1. The van der Waals surface area contributed by atoms with E-state index in [1.54, 1.807) is 6.33 Å². The van der Waals surface area contributed by atoms with Crippen molar-refractivity contribution >= 4 is 0 Å². The topological polar surface area (TPSA) is 53.1 Å². The van der Waals surface area contributed by atoms with Crippen molar-refractivity contribution in [1.29, 1.82) is 0 Å². The van der Waals surface area contributed by atoms with E-state index in [2.05, 4.69) is 11.9 Å². The molecule has 0 aliphatic rings. The molecule has 0 fully saturated rings. The first kappa shape index (κ1) is 10.1. The van der Waals surface area contributed by atoms with E-state index in [4.69, 9.17) is 10.5 Å². The molecule has 0 bridgehead atoms. The van der Waals surface area contributed by atoms with E-state index in [1.807, 2.05) is 10.8 Å². The van der Waals surface area contributed by atoms with Crippen LogP contribution in [0.15, 0.2) is 12.5 Å². The Kier molecular flexibility index (Phi) is 4.32. The van der Waals surface area contributed by atoms with E-state index in [0.717, 1.165) is 6.54 Å². The fourth-order valence-corrected chi connectivity index (χ4v) is 1.04. The lowest BCUT2D eigenvalue weighted by molar-refractivity contribution is 0.316. The van der Waals surface area contributed by atoms with Gasteiger partial charge >= 0.3 is 0 Å². The fraction of sp³-hybridized carbons (Fsp3) is 0.667. The molecule has 0 unspecified atom stereocenters. The van der Waals surface area contributed by atoms with E-state index < -0.39 is 0 Å². The average Bonchev–Trinajstić information content (AvgIpc) is 2.59. The second kappa shape index (κ2) is 5.59. The number of unbranched alkanes of at least 4 members (excludes halogenated alkanes) is 1. The van der Waals surface area contributed by atoms with Crippen molar-refractivity contribution in [2.75, 3.05) is 13.2 Å². The van der Waals surface area contributed by atoms with Gasteiger partial charge in [-0.1, -0.05) is 13.3 Å². The summed E-state index contributed by atoms with van der Waals surface area (Å²) in [6.45, 7) is 4.24. The predicted octanol–water partition coefficient (Wildman–Crippen LogP) is 1.02. The van der Waals surface area contributed by atoms with Gasteiger partial charge in [0.1, 0.15) is 6.61 Å². The van der Waals surface area contributed by atoms with Crippen LogP contribution in [0, 0.1) is 0 Å². The summed E-state index contributed by atoms with van der Waals surface area (Å²) in [5.41, 5.74) is 5.30. The minimum Gasteiger partial charge on any atom is -0.475 e. The molecule has 1 rings (SSSR count). The van der Waals surface area contributed by atoms with Crippen LogP contribution in [0.1, 0.15) is 19.8 Å². The van der Waals surface area contributed by atoms with E-state index in [-0.39, 0.29) is 0 Å². The maximum atomic E-state index is 5.30. The molecule has 4 nitrogen and oxygen atoms in total. The number of nitrogens with zero attached hydrogens (tertiary/aromatic N) is 2. The number of rotatable bonds is 6. The summed E-state index contributed by atoms with van der Waals surface area (Å²) in [7, 11) is 0. The molecule has 13 heavy (non-hydrogen) atoms. The van der Waals surface area contributed by atoms with Crippen molar-refractivity contribution in [2.45, 2.75) is 26.3 Å². The summed E-state index contributed by atoms with van der Waals surface area (Å²) in [5.74, 6) is 0.668. The van der Waals surface area contributed by atoms with Crippen LogP contribution < -0.4 is 10.5 Å². The van der Waals surface area contributed by atoms with Crippen LogP contribution in [0.25, 0.3) is 0 Å². The van der Waals surface area contributed by atoms with Crippen LogP contribution in [0.3, 0.4) is 0 Å². The molecule has 0 spiro atoms. The zero-order chi connectivity index (χ0) is 9.52. The Balaban J connectivity index is 2.34. The Bertz CT molecular complexity index is 212. The number of hydrogen-bond donors (Lipinski definition) is 1. The molecular formula is C9H17N3O. The molecule has 4 heteroatoms. The second-order valence-corrected chi connectivity index (χ2v) is 2.94. The SMILES string of the molecule is CCCCn1cnc(OCCN)c1. The lowest BCUT2D eigenvalue weighted by atomic mass is 10.3. The van der Waals surface area contributed by atoms with Gasteiger partial charge in [-0.3, -0.25) is 0 Å². The number of nitrogens with two attached hydrogens (primary N) is 1. The van der Waals surface area contributed by atoms with Gasteiger partial charge in [-0.2, -0.15) is 0 Å². The van der Waals surface area contributed by atoms with Gasteiger partial charge in [0.15, 0.2) is 0 Å². The number of hydrogen-bond acceptors (Lipinski definition) is 3. The second-order valence-electron chi connectivity index (χ2n) is 2.94. The molecule has 0 aromatic carbocycles. The van der Waals surface area contributed by atoms with Crippen LogP contribution in [-0.4, -0.2) is 22.7 Å². The molecule has 0 saturated carbocycles. The third-order valence-electron chi connectivity index (χ3n) is 1.75. The Morgan fingerprint density at radius 2 is 2.46 bits per heavy atom. The van der Waals surface area contributed by atoms with E-state index >= 15 is 0 Å². The molecule has 1 aromatic rings. The first-order valence-corrected chi connectivity index (χ1v) is 4.71. The maximum absolute atomic E-state index is 5.30. The summed E-state index contributed by atoms with van der Waals surface area (Å²) in [4.78, 5) is 4.09. The third-order valence-corrected chi connectivity index (χ3v) is 1.75. The predicted molar refractivity (Wildman–Crippen MR) is 51.7 cm³/mol. The van der Waals surface area contributed by atoms with E-state index in [9.17, 15) is 0 Å². The van der Waals surface area contributed by atoms with Crippen LogP contribution in [0.2, 0.25) is 0 Å². The highest BCUT2D eigenvalue weighted by molar-refractivity contribution is 5.03. The van der Waals surface area contributed by atoms with E-state index in [1.165, 1.54) is 12.8 Å². The molecule has 0 aliphatic heterocycles. The van der Waals surface area contributed by atoms with Crippen LogP contribution in [0.5, 0.6) is 5.88 Å². The standard InChI is InChI=1S/C9H17N3O/c1-2-3-5-12-7-9(11-8-12)13-6-4-10/h7-8H,2-6,10H2,1H3. The van der Waals surface area contributed by atoms with Gasteiger partial charge in [0.25, 0.3) is 0 Å². The lowest BCUT2D eigenvalue weighted by Gasteiger charge is -1.99. The van der Waals surface area contributed by atoms with Crippen molar-refractivity contribution in [1.82, 2.24) is 9.55 Å². The van der Waals surface area contributed by atoms with Gasteiger partial charge in [-0.15, -0.1) is 0 Å². The molecule has 1 aromatic heterocycles. The van der Waals surface area contributed by atoms with Crippen molar-refractivity contribution in [3.05, 3.63) is 12.5 Å². The summed E-state index contributed by atoms with van der Waals surface area (Å²) in [6, 6.07) is 0. The summed E-state index contributed by atoms with van der Waals surface area (Å²) in [5, 5.41) is 0. The quantitative estimate of drug-likeness (QED) is 0.716. The largest absolute Gasteiger partial charge is 0.475 e. The van der Waals surface area contributed by atoms with Gasteiger partial charge in [-0.25, -0.2) is 4.98 Å². The summed E-state index contributed by atoms with van der Waals surface area (Å²) < 4.78 is 7.30. The first-order chi connectivity index (χ1) is 6.36. The molecule has 0 saturated heterocycles. The average molecular weight is 183 g/mol. The minimum absolute atomic E-state index is 0.530. The van der Waals surface area contributed by atoms with Gasteiger partial charge < -0.3 is 15.0 Å². The van der Waals surface area contributed by atoms with Crippen LogP contribution in [-0.2, 0) is 6.54 Å². The van der Waals surface area contributed by atoms with Gasteiger partial charge in [0, 0.05) is 13.1 Å². The molecule has 74 valence electrons. The highest BCUT2D eigenvalue weighted by atomic mass is 16.5. The molecule has 0 radical (unpaired) electrons. The third kappa shape index (κ3) is 3.46. The smallest absolute Gasteiger partial charge is 0.231 e. The first-order valence-electron chi connectivity index (χ1n) is 4.71. The normalized spacial score (nSPS) is 10.3. The molecular weight excluding hydrogens is 166 g/mol. The maximum Gasteiger partial charge on any atom is 0.231 e. The van der Waals surface area contributed by atoms with Gasteiger partial charge in [0.05, 0.1) is 12.5 Å². The van der Waals surface area contributed by atoms with Gasteiger partial charge in [-0.05, 0) is 6.42 Å². The lowest BCUT2D eigenvalue weighted by Crippen LogP contribution is -2.10. The number of aryl methyl sites for hydroxylation is 1.